The molecule has 0 saturated heterocycles. The third kappa shape index (κ3) is 8.52. The van der Waals surface area contributed by atoms with Crippen LogP contribution in [-0.4, -0.2) is 64.1 Å². The van der Waals surface area contributed by atoms with Crippen molar-refractivity contribution in [1.29, 1.82) is 0 Å². The Morgan fingerprint density at radius 2 is 2.05 bits per heavy atom. The van der Waals surface area contributed by atoms with Crippen LogP contribution in [0.1, 0.15) is 38.6 Å². The SMILES string of the molecule is C=C(c1c(N(C=O)CC)nc(OC(/C=C(\C)OC(F)(F)F)=C/C)n1Cc1ccc(Cl)cn1)N(C)CCCO. The molecule has 0 radical (unpaired) electrons. The number of nitrogens with zero attached hydrogens (tertiary/aromatic N) is 5. The van der Waals surface area contributed by atoms with E-state index in [0.29, 0.717) is 41.5 Å². The van der Waals surface area contributed by atoms with Crippen molar-refractivity contribution in [3.05, 3.63) is 65.0 Å². The number of allylic oxidation sites excluding steroid dienone is 3. The molecule has 0 aliphatic rings. The zero-order chi connectivity index (χ0) is 28.5. The van der Waals surface area contributed by atoms with Gasteiger partial charge in [-0.15, -0.1) is 13.2 Å². The van der Waals surface area contributed by atoms with Crippen LogP contribution >= 0.6 is 11.6 Å². The van der Waals surface area contributed by atoms with E-state index in [4.69, 9.17) is 16.3 Å². The van der Waals surface area contributed by atoms with Crippen LogP contribution in [0, 0.1) is 0 Å². The number of amides is 1. The average molecular weight is 558 g/mol. The largest absolute Gasteiger partial charge is 0.572 e. The summed E-state index contributed by atoms with van der Waals surface area (Å²) in [6, 6.07) is 3.34. The van der Waals surface area contributed by atoms with Crippen molar-refractivity contribution < 1.29 is 32.5 Å². The third-order valence-corrected chi connectivity index (χ3v) is 5.49. The normalized spacial score (nSPS) is 12.3. The standard InChI is InChI=1S/C25H31ClF3N5O4/c1-6-21(13-17(3)38-25(27,28)29)37-24-31-23(33(7-2)16-36)22(18(4)32(5)11-8-12-35)34(24)15-20-10-9-19(26)14-30-20/h6,9-10,13-14,16,35H,4,7-8,11-12,15H2,1-3,5H3/b17-13+,21-6+. The quantitative estimate of drug-likeness (QED) is 0.199. The molecule has 1 amide bonds. The van der Waals surface area contributed by atoms with Crippen molar-refractivity contribution in [2.45, 2.75) is 40.1 Å². The lowest BCUT2D eigenvalue weighted by Gasteiger charge is -2.25. The van der Waals surface area contributed by atoms with Crippen LogP contribution in [0.4, 0.5) is 19.0 Å². The van der Waals surface area contributed by atoms with E-state index in [0.717, 1.165) is 13.0 Å². The Balaban J connectivity index is 2.68. The second-order valence-corrected chi connectivity index (χ2v) is 8.49. The van der Waals surface area contributed by atoms with Gasteiger partial charge in [0.25, 0.3) is 0 Å². The molecule has 2 rings (SSSR count). The number of halogens is 4. The highest BCUT2D eigenvalue weighted by molar-refractivity contribution is 6.30. The highest BCUT2D eigenvalue weighted by Gasteiger charge is 2.31. The van der Waals surface area contributed by atoms with Gasteiger partial charge in [0.2, 0.25) is 6.41 Å². The van der Waals surface area contributed by atoms with Crippen LogP contribution in [0.2, 0.25) is 5.02 Å². The molecule has 1 N–H and O–H groups in total. The minimum atomic E-state index is -4.86. The van der Waals surface area contributed by atoms with Crippen molar-refractivity contribution in [3.8, 4) is 6.01 Å². The number of pyridine rings is 1. The summed E-state index contributed by atoms with van der Waals surface area (Å²) in [6.45, 7) is 9.47. The van der Waals surface area contributed by atoms with Gasteiger partial charge in [0.05, 0.1) is 23.0 Å². The second kappa shape index (κ2) is 13.9. The van der Waals surface area contributed by atoms with Crippen LogP contribution in [0.5, 0.6) is 6.01 Å². The van der Waals surface area contributed by atoms with Gasteiger partial charge in [-0.3, -0.25) is 19.2 Å². The molecule has 38 heavy (non-hydrogen) atoms. The lowest BCUT2D eigenvalue weighted by molar-refractivity contribution is -0.305. The number of carbonyl (C=O) groups excluding carboxylic acids is 1. The third-order valence-electron chi connectivity index (χ3n) is 5.26. The van der Waals surface area contributed by atoms with E-state index in [9.17, 15) is 23.1 Å². The molecule has 0 fully saturated rings. The first-order valence-corrected chi connectivity index (χ1v) is 12.0. The van der Waals surface area contributed by atoms with Crippen LogP contribution < -0.4 is 9.64 Å². The summed E-state index contributed by atoms with van der Waals surface area (Å²) in [5.74, 6) is -0.191. The number of aliphatic hydroxyl groups excluding tert-OH is 1. The Morgan fingerprint density at radius 1 is 1.34 bits per heavy atom. The van der Waals surface area contributed by atoms with Gasteiger partial charge in [0, 0.05) is 39.0 Å². The maximum absolute atomic E-state index is 12.7. The van der Waals surface area contributed by atoms with Gasteiger partial charge < -0.3 is 19.5 Å². The van der Waals surface area contributed by atoms with Gasteiger partial charge in [-0.05, 0) is 45.4 Å². The topological polar surface area (TPSA) is 93.0 Å². The number of alkyl halides is 3. The van der Waals surface area contributed by atoms with E-state index in [1.54, 1.807) is 42.5 Å². The van der Waals surface area contributed by atoms with Gasteiger partial charge in [-0.25, -0.2) is 0 Å². The summed E-state index contributed by atoms with van der Waals surface area (Å²) in [7, 11) is 1.77. The molecule has 0 aromatic carbocycles. The number of aromatic nitrogens is 3. The van der Waals surface area contributed by atoms with Gasteiger partial charge >= 0.3 is 12.4 Å². The van der Waals surface area contributed by atoms with E-state index >= 15 is 0 Å². The number of aliphatic hydroxyl groups is 1. The molecule has 2 heterocycles. The van der Waals surface area contributed by atoms with Crippen molar-refractivity contribution in [2.24, 2.45) is 0 Å². The zero-order valence-corrected chi connectivity index (χ0v) is 22.4. The fraction of sp³-hybridized carbons (Fsp3) is 0.400. The van der Waals surface area contributed by atoms with Crippen molar-refractivity contribution in [1.82, 2.24) is 19.4 Å². The molecule has 0 atom stereocenters. The van der Waals surface area contributed by atoms with Crippen LogP contribution in [0.3, 0.4) is 0 Å². The first-order valence-electron chi connectivity index (χ1n) is 11.7. The first-order chi connectivity index (χ1) is 17.9. The van der Waals surface area contributed by atoms with Crippen molar-refractivity contribution in [3.63, 3.8) is 0 Å². The molecular weight excluding hydrogens is 527 g/mol. The highest BCUT2D eigenvalue weighted by Crippen LogP contribution is 2.34. The summed E-state index contributed by atoms with van der Waals surface area (Å²) in [4.78, 5) is 23.9. The lowest BCUT2D eigenvalue weighted by atomic mass is 10.2. The Hall–Kier alpha value is -3.51. The molecule has 0 spiro atoms. The molecule has 9 nitrogen and oxygen atoms in total. The van der Waals surface area contributed by atoms with E-state index < -0.39 is 12.1 Å². The Morgan fingerprint density at radius 3 is 2.58 bits per heavy atom. The Labute approximate surface area is 224 Å². The molecule has 0 aliphatic carbocycles. The number of carbonyl (C=O) groups is 1. The molecule has 2 aromatic rings. The predicted molar refractivity (Wildman–Crippen MR) is 138 cm³/mol. The van der Waals surface area contributed by atoms with E-state index in [2.05, 4.69) is 21.3 Å². The Kier molecular flexibility index (Phi) is 11.2. The van der Waals surface area contributed by atoms with Gasteiger partial charge in [0.15, 0.2) is 5.82 Å². The molecule has 208 valence electrons. The number of imidazole rings is 1. The van der Waals surface area contributed by atoms with Crippen molar-refractivity contribution in [2.75, 3.05) is 31.6 Å². The van der Waals surface area contributed by atoms with Gasteiger partial charge in [0.1, 0.15) is 17.2 Å². The summed E-state index contributed by atoms with van der Waals surface area (Å²) in [5, 5.41) is 9.71. The maximum Gasteiger partial charge on any atom is 0.572 e. The Bertz CT molecular complexity index is 1160. The number of hydrogen-bond acceptors (Lipinski definition) is 7. The van der Waals surface area contributed by atoms with Crippen LogP contribution in [-0.2, 0) is 16.1 Å². The zero-order valence-electron chi connectivity index (χ0n) is 21.6. The molecule has 0 aliphatic heterocycles. The van der Waals surface area contributed by atoms with Crippen LogP contribution in [0.25, 0.3) is 5.70 Å². The number of ether oxygens (including phenoxy) is 2. The minimum absolute atomic E-state index is 0.0204. The fourth-order valence-corrected chi connectivity index (χ4v) is 3.49. The van der Waals surface area contributed by atoms with E-state index in [-0.39, 0.29) is 37.3 Å². The number of anilines is 1. The second-order valence-electron chi connectivity index (χ2n) is 8.05. The highest BCUT2D eigenvalue weighted by atomic mass is 35.5. The molecule has 0 unspecified atom stereocenters. The molecule has 2 aromatic heterocycles. The van der Waals surface area contributed by atoms with Crippen molar-refractivity contribution >= 4 is 29.5 Å². The summed E-state index contributed by atoms with van der Waals surface area (Å²) in [6.07, 6.45) is 0.213. The summed E-state index contributed by atoms with van der Waals surface area (Å²) >= 11 is 5.98. The molecule has 0 saturated carbocycles. The molecular formula is C25H31ClF3N5O4. The van der Waals surface area contributed by atoms with Crippen LogP contribution in [0.15, 0.2) is 48.6 Å². The number of hydrogen-bond donors (Lipinski definition) is 1. The first kappa shape index (κ1) is 30.7. The fourth-order valence-electron chi connectivity index (χ4n) is 3.38. The average Bonchev–Trinajstić information content (AvgIpc) is 3.19. The van der Waals surface area contributed by atoms with E-state index in [1.165, 1.54) is 17.2 Å². The van der Waals surface area contributed by atoms with E-state index in [1.807, 2.05) is 0 Å². The summed E-state index contributed by atoms with van der Waals surface area (Å²) < 4.78 is 49.5. The maximum atomic E-state index is 12.7. The summed E-state index contributed by atoms with van der Waals surface area (Å²) in [5.41, 5.74) is 1.46. The number of rotatable bonds is 14. The smallest absolute Gasteiger partial charge is 0.426 e. The van der Waals surface area contributed by atoms with Gasteiger partial charge in [-0.2, -0.15) is 4.98 Å². The molecule has 13 heteroatoms. The minimum Gasteiger partial charge on any atom is -0.426 e. The predicted octanol–water partition coefficient (Wildman–Crippen LogP) is 4.97. The monoisotopic (exact) mass is 557 g/mol. The molecule has 0 bridgehead atoms. The lowest BCUT2D eigenvalue weighted by Crippen LogP contribution is -2.25. The van der Waals surface area contributed by atoms with Gasteiger partial charge in [-0.1, -0.05) is 18.2 Å².